The molecule has 5 heteroatoms. The highest BCUT2D eigenvalue weighted by atomic mass is 31.0. The third-order valence-corrected chi connectivity index (χ3v) is 11.4. The van der Waals surface area contributed by atoms with Gasteiger partial charge in [0.1, 0.15) is 0 Å². The molecule has 0 fully saturated rings. The van der Waals surface area contributed by atoms with Gasteiger partial charge in [-0.2, -0.15) is 0 Å². The Balaban J connectivity index is 1.12. The maximum atomic E-state index is 5.57. The van der Waals surface area contributed by atoms with Gasteiger partial charge in [0.2, 0.25) is 0 Å². The number of benzene rings is 5. The zero-order chi connectivity index (χ0) is 34.4. The molecular formula is C47H31N4P. The summed E-state index contributed by atoms with van der Waals surface area (Å²) in [4.78, 5) is 20.4. The Morgan fingerprint density at radius 3 is 1.67 bits per heavy atom. The molecule has 2 aliphatic heterocycles. The first kappa shape index (κ1) is 30.5. The van der Waals surface area contributed by atoms with E-state index >= 15 is 0 Å². The molecule has 3 heterocycles. The van der Waals surface area contributed by atoms with Crippen molar-refractivity contribution in [3.05, 3.63) is 197 Å². The minimum Gasteiger partial charge on any atom is -0.251 e. The fraction of sp³-hybridized carbons (Fsp3) is 0.0426. The third-order valence-electron chi connectivity index (χ3n) is 10.1. The maximum absolute atomic E-state index is 5.57. The third kappa shape index (κ3) is 5.28. The van der Waals surface area contributed by atoms with Crippen molar-refractivity contribution in [3.8, 4) is 45.0 Å². The van der Waals surface area contributed by atoms with Crippen LogP contribution in [0.2, 0.25) is 0 Å². The molecule has 4 nitrogen and oxygen atoms in total. The Kier molecular flexibility index (Phi) is 7.48. The number of aromatic nitrogens is 4. The van der Waals surface area contributed by atoms with Gasteiger partial charge in [0, 0.05) is 49.7 Å². The summed E-state index contributed by atoms with van der Waals surface area (Å²) in [6, 6.07) is 48.6. The van der Waals surface area contributed by atoms with Gasteiger partial charge in [-0.1, -0.05) is 172 Å². The van der Waals surface area contributed by atoms with Gasteiger partial charge in [-0.15, -0.1) is 0 Å². The van der Waals surface area contributed by atoms with Crippen LogP contribution in [0.5, 0.6) is 0 Å². The van der Waals surface area contributed by atoms with E-state index in [4.69, 9.17) is 19.9 Å². The summed E-state index contributed by atoms with van der Waals surface area (Å²) in [6.45, 7) is 0. The standard InChI is InChI=1S/C47H31N4P/c1-4-14-30(15-5-1)35-21-13-24-39-41(35)42-37-20-10-11-25-40(37)52-44(42)38-23-12-22-36(43(38)48-39)31-26-28-34(29-27-31)47-50-45(32-16-6-2-7-17-32)49-46(51-47)33-18-8-3-9-19-33/h1-29,35-36H. The lowest BCUT2D eigenvalue weighted by atomic mass is 9.85. The van der Waals surface area contributed by atoms with Crippen LogP contribution in [0.4, 0.5) is 0 Å². The minimum atomic E-state index is -0.0128. The van der Waals surface area contributed by atoms with Gasteiger partial charge in [-0.25, -0.2) is 15.0 Å². The molecule has 2 atom stereocenters. The summed E-state index contributed by atoms with van der Waals surface area (Å²) in [5.74, 6) is 2.06. The molecule has 0 N–H and O–H groups in total. The molecule has 1 aromatic heterocycles. The van der Waals surface area contributed by atoms with Crippen molar-refractivity contribution in [2.24, 2.45) is 0 Å². The fourth-order valence-corrected chi connectivity index (χ4v) is 8.96. The summed E-state index contributed by atoms with van der Waals surface area (Å²) >= 11 is 0. The molecular weight excluding hydrogens is 652 g/mol. The average molecular weight is 683 g/mol. The Hall–Kier alpha value is -6.35. The molecule has 0 bridgehead atoms. The lowest BCUT2D eigenvalue weighted by molar-refractivity contribution is 0.918. The zero-order valence-electron chi connectivity index (χ0n) is 28.1. The molecule has 2 aliphatic carbocycles. The average Bonchev–Trinajstić information content (AvgIpc) is 3.54. The molecule has 6 aromatic rings. The van der Waals surface area contributed by atoms with Crippen LogP contribution in [-0.2, 0) is 0 Å². The topological polar surface area (TPSA) is 51.6 Å². The van der Waals surface area contributed by atoms with E-state index in [1.54, 1.807) is 0 Å². The molecule has 5 aromatic carbocycles. The number of hydrogen-bond acceptors (Lipinski definition) is 4. The molecule has 4 aliphatic rings. The van der Waals surface area contributed by atoms with Crippen LogP contribution in [0, 0.1) is 0 Å². The second-order valence-corrected chi connectivity index (χ2v) is 14.3. The first-order valence-electron chi connectivity index (χ1n) is 17.6. The highest BCUT2D eigenvalue weighted by Crippen LogP contribution is 2.46. The van der Waals surface area contributed by atoms with Gasteiger partial charge in [-0.3, -0.25) is 4.98 Å². The van der Waals surface area contributed by atoms with Crippen LogP contribution in [0.1, 0.15) is 34.2 Å². The van der Waals surface area contributed by atoms with E-state index in [9.17, 15) is 0 Å². The fourth-order valence-electron chi connectivity index (χ4n) is 7.59. The molecule has 52 heavy (non-hydrogen) atoms. The van der Waals surface area contributed by atoms with Gasteiger partial charge in [0.15, 0.2) is 17.5 Å². The summed E-state index contributed by atoms with van der Waals surface area (Å²) in [6.07, 6.45) is 13.4. The quantitative estimate of drug-likeness (QED) is 0.181. The molecule has 0 saturated heterocycles. The predicted octanol–water partition coefficient (Wildman–Crippen LogP) is 10.1. The molecule has 244 valence electrons. The highest BCUT2D eigenvalue weighted by Gasteiger charge is 2.28. The Labute approximate surface area is 303 Å². The van der Waals surface area contributed by atoms with Gasteiger partial charge in [0.25, 0.3) is 0 Å². The maximum Gasteiger partial charge on any atom is 0.164 e. The second-order valence-electron chi connectivity index (χ2n) is 13.2. The van der Waals surface area contributed by atoms with Gasteiger partial charge in [-0.05, 0) is 34.2 Å². The Morgan fingerprint density at radius 2 is 1.00 bits per heavy atom. The first-order valence-corrected chi connectivity index (χ1v) is 18.5. The zero-order valence-corrected chi connectivity index (χ0v) is 29.0. The predicted molar refractivity (Wildman–Crippen MR) is 214 cm³/mol. The van der Waals surface area contributed by atoms with Crippen LogP contribution in [-0.4, -0.2) is 19.9 Å². The smallest absolute Gasteiger partial charge is 0.164 e. The van der Waals surface area contributed by atoms with Crippen LogP contribution in [0.25, 0.3) is 67.7 Å². The van der Waals surface area contributed by atoms with Gasteiger partial charge < -0.3 is 0 Å². The van der Waals surface area contributed by atoms with E-state index < -0.39 is 0 Å². The lowest BCUT2D eigenvalue weighted by Crippen LogP contribution is -2.22. The van der Waals surface area contributed by atoms with Crippen LogP contribution in [0.3, 0.4) is 0 Å². The number of allylic oxidation sites excluding steroid dienone is 4. The number of nitrogens with zero attached hydrogens (tertiary/aromatic N) is 4. The SMILES string of the molecule is C1=CC(c2ccccc2)c2c3c4ccccc4pc-3c3c(nc2=C1)C(c1ccc(-c2nc(-c4ccccc4)nc(-c4ccccc4)n2)cc1)C=CC=3. The van der Waals surface area contributed by atoms with Gasteiger partial charge in [0.05, 0.1) is 11.0 Å². The second kappa shape index (κ2) is 12.8. The molecule has 0 saturated carbocycles. The first-order chi connectivity index (χ1) is 25.8. The van der Waals surface area contributed by atoms with Crippen molar-refractivity contribution < 1.29 is 0 Å². The molecule has 0 spiro atoms. The molecule has 10 rings (SSSR count). The number of rotatable bonds is 5. The van der Waals surface area contributed by atoms with E-state index in [1.807, 2.05) is 60.7 Å². The van der Waals surface area contributed by atoms with Gasteiger partial charge >= 0.3 is 0 Å². The van der Waals surface area contributed by atoms with Crippen molar-refractivity contribution >= 4 is 30.8 Å². The van der Waals surface area contributed by atoms with Crippen molar-refractivity contribution in [1.82, 2.24) is 19.9 Å². The number of hydrogen-bond donors (Lipinski definition) is 0. The normalized spacial score (nSPS) is 16.0. The van der Waals surface area contributed by atoms with Crippen LogP contribution >= 0.6 is 8.19 Å². The highest BCUT2D eigenvalue weighted by molar-refractivity contribution is 7.41. The van der Waals surface area contributed by atoms with E-state index in [1.165, 1.54) is 51.5 Å². The largest absolute Gasteiger partial charge is 0.251 e. The molecule has 2 unspecified atom stereocenters. The van der Waals surface area contributed by atoms with Crippen LogP contribution < -0.4 is 10.6 Å². The van der Waals surface area contributed by atoms with E-state index in [2.05, 4.69) is 115 Å². The summed E-state index contributed by atoms with van der Waals surface area (Å²) in [7, 11) is 1.22. The van der Waals surface area contributed by atoms with E-state index in [0.717, 1.165) is 27.7 Å². The summed E-state index contributed by atoms with van der Waals surface area (Å²) in [5, 5.41) is 6.26. The Bertz CT molecular complexity index is 2720. The molecule has 0 radical (unpaired) electrons. The van der Waals surface area contributed by atoms with Crippen LogP contribution in [0.15, 0.2) is 164 Å². The van der Waals surface area contributed by atoms with E-state index in [-0.39, 0.29) is 11.8 Å². The van der Waals surface area contributed by atoms with E-state index in [0.29, 0.717) is 17.5 Å². The molecule has 0 amide bonds. The Morgan fingerprint density at radius 1 is 0.462 bits per heavy atom. The van der Waals surface area contributed by atoms with Crippen molar-refractivity contribution in [2.75, 3.05) is 0 Å². The lowest BCUT2D eigenvalue weighted by Gasteiger charge is -2.18. The summed E-state index contributed by atoms with van der Waals surface area (Å²) < 4.78 is 0. The number of fused-ring (bicyclic) bond motifs is 7. The minimum absolute atomic E-state index is 0.0128. The van der Waals surface area contributed by atoms with Crippen molar-refractivity contribution in [1.29, 1.82) is 0 Å². The summed E-state index contributed by atoms with van der Waals surface area (Å²) in [5.41, 5.74) is 9.01. The van der Waals surface area contributed by atoms with Crippen molar-refractivity contribution in [3.63, 3.8) is 0 Å². The van der Waals surface area contributed by atoms with Crippen molar-refractivity contribution in [2.45, 2.75) is 11.8 Å². The monoisotopic (exact) mass is 682 g/mol.